The van der Waals surface area contributed by atoms with Crippen LogP contribution in [0.2, 0.25) is 0 Å². The standard InChI is InChI=1S/C15H27N3/c1-3-8-16-10-13-6-5-7-15(13)14-11-17-18(12-14)9-4-2/h11-13,15-16H,3-10H2,1-2H3. The van der Waals surface area contributed by atoms with E-state index < -0.39 is 0 Å². The molecule has 1 saturated carbocycles. The fourth-order valence-corrected chi connectivity index (χ4v) is 3.11. The molecule has 0 bridgehead atoms. The van der Waals surface area contributed by atoms with E-state index in [9.17, 15) is 0 Å². The van der Waals surface area contributed by atoms with Gasteiger partial charge >= 0.3 is 0 Å². The van der Waals surface area contributed by atoms with Crippen molar-refractivity contribution in [3.63, 3.8) is 0 Å². The van der Waals surface area contributed by atoms with Gasteiger partial charge < -0.3 is 5.32 Å². The van der Waals surface area contributed by atoms with Crippen LogP contribution in [0.3, 0.4) is 0 Å². The van der Waals surface area contributed by atoms with Crippen LogP contribution in [0.4, 0.5) is 0 Å². The summed E-state index contributed by atoms with van der Waals surface area (Å²) in [5.41, 5.74) is 1.46. The minimum Gasteiger partial charge on any atom is -0.316 e. The van der Waals surface area contributed by atoms with Crippen molar-refractivity contribution in [2.75, 3.05) is 13.1 Å². The number of nitrogens with zero attached hydrogens (tertiary/aromatic N) is 2. The molecule has 1 aliphatic carbocycles. The van der Waals surface area contributed by atoms with Gasteiger partial charge in [-0.05, 0) is 56.2 Å². The molecule has 0 aliphatic heterocycles. The molecule has 18 heavy (non-hydrogen) atoms. The van der Waals surface area contributed by atoms with E-state index in [2.05, 4.69) is 41.3 Å². The third-order valence-corrected chi connectivity index (χ3v) is 4.03. The number of hydrogen-bond acceptors (Lipinski definition) is 2. The van der Waals surface area contributed by atoms with Gasteiger partial charge in [-0.15, -0.1) is 0 Å². The van der Waals surface area contributed by atoms with Crippen LogP contribution in [0.15, 0.2) is 12.4 Å². The van der Waals surface area contributed by atoms with Crippen LogP contribution in [-0.4, -0.2) is 22.9 Å². The van der Waals surface area contributed by atoms with Crippen molar-refractivity contribution in [3.05, 3.63) is 18.0 Å². The van der Waals surface area contributed by atoms with Crippen molar-refractivity contribution in [2.45, 2.75) is 58.4 Å². The second kappa shape index (κ2) is 6.93. The lowest BCUT2D eigenvalue weighted by molar-refractivity contribution is 0.444. The monoisotopic (exact) mass is 249 g/mol. The Kier molecular flexibility index (Phi) is 5.24. The molecule has 0 saturated heterocycles. The second-order valence-electron chi connectivity index (χ2n) is 5.54. The second-order valence-corrected chi connectivity index (χ2v) is 5.54. The van der Waals surface area contributed by atoms with Crippen LogP contribution < -0.4 is 5.32 Å². The largest absolute Gasteiger partial charge is 0.316 e. The van der Waals surface area contributed by atoms with Crippen molar-refractivity contribution >= 4 is 0 Å². The van der Waals surface area contributed by atoms with E-state index in [-0.39, 0.29) is 0 Å². The quantitative estimate of drug-likeness (QED) is 0.752. The highest BCUT2D eigenvalue weighted by molar-refractivity contribution is 5.14. The zero-order valence-corrected chi connectivity index (χ0v) is 11.9. The molecule has 2 unspecified atom stereocenters. The molecule has 0 aromatic carbocycles. The Morgan fingerprint density at radius 1 is 1.33 bits per heavy atom. The maximum Gasteiger partial charge on any atom is 0.0524 e. The Labute approximate surface area is 111 Å². The minimum atomic E-state index is 0.736. The summed E-state index contributed by atoms with van der Waals surface area (Å²) in [5.74, 6) is 1.55. The molecule has 3 nitrogen and oxygen atoms in total. The molecule has 1 heterocycles. The predicted octanol–water partition coefficient (Wildman–Crippen LogP) is 3.18. The van der Waals surface area contributed by atoms with Gasteiger partial charge in [-0.1, -0.05) is 20.3 Å². The third kappa shape index (κ3) is 3.35. The highest BCUT2D eigenvalue weighted by atomic mass is 15.3. The van der Waals surface area contributed by atoms with Gasteiger partial charge in [-0.2, -0.15) is 5.10 Å². The molecule has 1 fully saturated rings. The first-order chi connectivity index (χ1) is 8.85. The average Bonchev–Trinajstić information content (AvgIpc) is 2.98. The molecule has 2 atom stereocenters. The topological polar surface area (TPSA) is 29.9 Å². The zero-order chi connectivity index (χ0) is 12.8. The SMILES string of the molecule is CCCNCC1CCCC1c1cnn(CCC)c1. The van der Waals surface area contributed by atoms with Gasteiger partial charge in [0.2, 0.25) is 0 Å². The lowest BCUT2D eigenvalue weighted by Gasteiger charge is -2.18. The Morgan fingerprint density at radius 3 is 3.00 bits per heavy atom. The average molecular weight is 249 g/mol. The van der Waals surface area contributed by atoms with Crippen molar-refractivity contribution in [1.29, 1.82) is 0 Å². The van der Waals surface area contributed by atoms with Gasteiger partial charge in [0, 0.05) is 12.7 Å². The van der Waals surface area contributed by atoms with Crippen LogP contribution in [0, 0.1) is 5.92 Å². The number of aromatic nitrogens is 2. The first-order valence-electron chi connectivity index (χ1n) is 7.58. The summed E-state index contributed by atoms with van der Waals surface area (Å²) in [6.45, 7) is 7.81. The van der Waals surface area contributed by atoms with Crippen LogP contribution in [0.1, 0.15) is 57.4 Å². The van der Waals surface area contributed by atoms with Gasteiger partial charge in [0.15, 0.2) is 0 Å². The molecule has 102 valence electrons. The Morgan fingerprint density at radius 2 is 2.22 bits per heavy atom. The third-order valence-electron chi connectivity index (χ3n) is 4.03. The van der Waals surface area contributed by atoms with Gasteiger partial charge in [-0.3, -0.25) is 4.68 Å². The fourth-order valence-electron chi connectivity index (χ4n) is 3.11. The van der Waals surface area contributed by atoms with Gasteiger partial charge in [-0.25, -0.2) is 0 Å². The molecule has 3 heteroatoms. The van der Waals surface area contributed by atoms with Gasteiger partial charge in [0.05, 0.1) is 6.20 Å². The van der Waals surface area contributed by atoms with Crippen LogP contribution in [0.25, 0.3) is 0 Å². The summed E-state index contributed by atoms with van der Waals surface area (Å²) in [4.78, 5) is 0. The van der Waals surface area contributed by atoms with Gasteiger partial charge in [0.25, 0.3) is 0 Å². The van der Waals surface area contributed by atoms with E-state index in [0.29, 0.717) is 0 Å². The van der Waals surface area contributed by atoms with Crippen molar-refractivity contribution in [3.8, 4) is 0 Å². The molecule has 0 spiro atoms. The summed E-state index contributed by atoms with van der Waals surface area (Å²) < 4.78 is 2.10. The van der Waals surface area contributed by atoms with Crippen molar-refractivity contribution < 1.29 is 0 Å². The molecular weight excluding hydrogens is 222 g/mol. The first kappa shape index (κ1) is 13.6. The maximum absolute atomic E-state index is 4.48. The number of aryl methyl sites for hydroxylation is 1. The molecule has 1 aromatic rings. The summed E-state index contributed by atoms with van der Waals surface area (Å²) in [6.07, 6.45) is 10.8. The van der Waals surface area contributed by atoms with Crippen molar-refractivity contribution in [1.82, 2.24) is 15.1 Å². The summed E-state index contributed by atoms with van der Waals surface area (Å²) >= 11 is 0. The highest BCUT2D eigenvalue weighted by Crippen LogP contribution is 2.39. The lowest BCUT2D eigenvalue weighted by Crippen LogP contribution is -2.25. The maximum atomic E-state index is 4.48. The smallest absolute Gasteiger partial charge is 0.0524 e. The minimum absolute atomic E-state index is 0.736. The molecular formula is C15H27N3. The predicted molar refractivity (Wildman–Crippen MR) is 75.8 cm³/mol. The molecule has 0 amide bonds. The van der Waals surface area contributed by atoms with E-state index in [0.717, 1.165) is 31.3 Å². The molecule has 2 rings (SSSR count). The molecule has 1 N–H and O–H groups in total. The van der Waals surface area contributed by atoms with E-state index in [1.165, 1.54) is 37.8 Å². The highest BCUT2D eigenvalue weighted by Gasteiger charge is 2.28. The van der Waals surface area contributed by atoms with Crippen LogP contribution in [-0.2, 0) is 6.54 Å². The Hall–Kier alpha value is -0.830. The van der Waals surface area contributed by atoms with E-state index in [4.69, 9.17) is 0 Å². The van der Waals surface area contributed by atoms with Crippen LogP contribution in [0.5, 0.6) is 0 Å². The first-order valence-corrected chi connectivity index (χ1v) is 7.58. The number of hydrogen-bond donors (Lipinski definition) is 1. The Balaban J connectivity index is 1.92. The van der Waals surface area contributed by atoms with E-state index in [1.54, 1.807) is 0 Å². The van der Waals surface area contributed by atoms with E-state index >= 15 is 0 Å². The van der Waals surface area contributed by atoms with Gasteiger partial charge in [0.1, 0.15) is 0 Å². The summed E-state index contributed by atoms with van der Waals surface area (Å²) in [6, 6.07) is 0. The normalized spacial score (nSPS) is 23.7. The molecule has 1 aliphatic rings. The number of nitrogens with one attached hydrogen (secondary N) is 1. The lowest BCUT2D eigenvalue weighted by atomic mass is 9.91. The summed E-state index contributed by atoms with van der Waals surface area (Å²) in [7, 11) is 0. The summed E-state index contributed by atoms with van der Waals surface area (Å²) in [5, 5.41) is 8.06. The van der Waals surface area contributed by atoms with Crippen LogP contribution >= 0.6 is 0 Å². The zero-order valence-electron chi connectivity index (χ0n) is 11.9. The molecule has 0 radical (unpaired) electrons. The fraction of sp³-hybridized carbons (Fsp3) is 0.800. The molecule has 1 aromatic heterocycles. The van der Waals surface area contributed by atoms with E-state index in [1.807, 2.05) is 0 Å². The van der Waals surface area contributed by atoms with Crippen molar-refractivity contribution in [2.24, 2.45) is 5.92 Å². The Bertz CT molecular complexity index is 345. The number of rotatable bonds is 7.